The molecule has 0 fully saturated rings. The van der Waals surface area contributed by atoms with Gasteiger partial charge in [0.2, 0.25) is 11.8 Å². The average molecular weight is 248 g/mol. The van der Waals surface area contributed by atoms with Crippen molar-refractivity contribution in [3.05, 3.63) is 35.4 Å². The van der Waals surface area contributed by atoms with Gasteiger partial charge < -0.3 is 15.8 Å². The fourth-order valence-electron chi connectivity index (χ4n) is 1.41. The third-order valence-electron chi connectivity index (χ3n) is 2.29. The van der Waals surface area contributed by atoms with E-state index in [2.05, 4.69) is 5.32 Å². The Labute approximate surface area is 106 Å². The molecule has 0 bridgehead atoms. The number of rotatable bonds is 5. The number of nitrogens with two attached hydrogens (primary N) is 1. The molecule has 0 heterocycles. The van der Waals surface area contributed by atoms with Gasteiger partial charge in [0.05, 0.1) is 7.11 Å². The number of carbonyl (C=O) groups excluding carboxylic acids is 2. The van der Waals surface area contributed by atoms with Gasteiger partial charge in [-0.2, -0.15) is 0 Å². The van der Waals surface area contributed by atoms with Crippen molar-refractivity contribution >= 4 is 17.9 Å². The average Bonchev–Trinajstić information content (AvgIpc) is 2.34. The number of hydrogen-bond acceptors (Lipinski definition) is 3. The molecule has 1 aromatic rings. The molecule has 3 N–H and O–H groups in total. The van der Waals surface area contributed by atoms with Crippen LogP contribution in [0.4, 0.5) is 0 Å². The molecule has 96 valence electrons. The second-order valence-corrected chi connectivity index (χ2v) is 3.66. The monoisotopic (exact) mass is 248 g/mol. The number of nitrogens with one attached hydrogen (secondary N) is 1. The van der Waals surface area contributed by atoms with Gasteiger partial charge in [0.1, 0.15) is 5.75 Å². The van der Waals surface area contributed by atoms with Crippen LogP contribution < -0.4 is 15.8 Å². The van der Waals surface area contributed by atoms with Gasteiger partial charge in [-0.25, -0.2) is 0 Å². The minimum atomic E-state index is -0.520. The van der Waals surface area contributed by atoms with Gasteiger partial charge in [-0.15, -0.1) is 0 Å². The first-order valence-corrected chi connectivity index (χ1v) is 5.43. The number of hydrogen-bond donors (Lipinski definition) is 2. The summed E-state index contributed by atoms with van der Waals surface area (Å²) in [6, 6.07) is 5.06. The van der Waals surface area contributed by atoms with E-state index in [4.69, 9.17) is 10.5 Å². The number of benzene rings is 1. The smallest absolute Gasteiger partial charge is 0.249 e. The quantitative estimate of drug-likeness (QED) is 0.813. The number of primary amides is 1. The Morgan fingerprint density at radius 2 is 2.17 bits per heavy atom. The van der Waals surface area contributed by atoms with E-state index in [9.17, 15) is 9.59 Å². The normalized spacial score (nSPS) is 10.3. The Morgan fingerprint density at radius 1 is 1.44 bits per heavy atom. The van der Waals surface area contributed by atoms with Crippen molar-refractivity contribution in [1.29, 1.82) is 0 Å². The maximum Gasteiger partial charge on any atom is 0.249 e. The Morgan fingerprint density at radius 3 is 2.72 bits per heavy atom. The van der Waals surface area contributed by atoms with Crippen molar-refractivity contribution in [2.75, 3.05) is 13.7 Å². The molecule has 0 atom stereocenters. The molecular formula is C13H16N2O3. The number of carbonyl (C=O) groups is 2. The standard InChI is InChI=1S/C13H16N2O3/c1-9(16)15-7-3-4-10-5-6-11(18-2)8-12(10)13(14)17/h3-6,8H,7H2,1-2H3,(H2,14,17)(H,15,16). The molecule has 5 heteroatoms. The van der Waals surface area contributed by atoms with E-state index >= 15 is 0 Å². The minimum absolute atomic E-state index is 0.107. The third-order valence-corrected chi connectivity index (χ3v) is 2.29. The zero-order chi connectivity index (χ0) is 13.5. The molecule has 1 aromatic carbocycles. The molecular weight excluding hydrogens is 232 g/mol. The minimum Gasteiger partial charge on any atom is -0.497 e. The first kappa shape index (κ1) is 13.8. The van der Waals surface area contributed by atoms with Crippen LogP contribution in [0.15, 0.2) is 24.3 Å². The van der Waals surface area contributed by atoms with Crippen molar-refractivity contribution < 1.29 is 14.3 Å². The van der Waals surface area contributed by atoms with Gasteiger partial charge in [0.15, 0.2) is 0 Å². The van der Waals surface area contributed by atoms with Crippen molar-refractivity contribution in [3.63, 3.8) is 0 Å². The zero-order valence-electron chi connectivity index (χ0n) is 10.4. The van der Waals surface area contributed by atoms with Crippen LogP contribution in [0, 0.1) is 0 Å². The Balaban J connectivity index is 2.87. The molecule has 1 rings (SSSR count). The molecule has 0 saturated heterocycles. The predicted molar refractivity (Wildman–Crippen MR) is 69.2 cm³/mol. The first-order valence-electron chi connectivity index (χ1n) is 5.43. The van der Waals surface area contributed by atoms with Gasteiger partial charge >= 0.3 is 0 Å². The third kappa shape index (κ3) is 3.93. The molecule has 0 saturated carbocycles. The van der Waals surface area contributed by atoms with E-state index in [-0.39, 0.29) is 5.91 Å². The summed E-state index contributed by atoms with van der Waals surface area (Å²) in [4.78, 5) is 22.0. The van der Waals surface area contributed by atoms with Crippen LogP contribution >= 0.6 is 0 Å². The Bertz CT molecular complexity index is 481. The highest BCUT2D eigenvalue weighted by atomic mass is 16.5. The Kier molecular flexibility index (Phi) is 4.92. The van der Waals surface area contributed by atoms with Gasteiger partial charge in [-0.05, 0) is 17.7 Å². The molecule has 0 aliphatic heterocycles. The Hall–Kier alpha value is -2.30. The molecule has 18 heavy (non-hydrogen) atoms. The molecule has 2 amide bonds. The van der Waals surface area contributed by atoms with E-state index in [1.54, 1.807) is 30.4 Å². The summed E-state index contributed by atoms with van der Waals surface area (Å²) in [6.07, 6.45) is 3.48. The lowest BCUT2D eigenvalue weighted by Crippen LogP contribution is -2.19. The maximum atomic E-state index is 11.3. The molecule has 0 aromatic heterocycles. The second kappa shape index (κ2) is 6.44. The number of ether oxygens (including phenoxy) is 1. The van der Waals surface area contributed by atoms with E-state index in [1.807, 2.05) is 0 Å². The van der Waals surface area contributed by atoms with Gasteiger partial charge in [-0.1, -0.05) is 18.2 Å². The zero-order valence-corrected chi connectivity index (χ0v) is 10.4. The van der Waals surface area contributed by atoms with Gasteiger partial charge in [-0.3, -0.25) is 9.59 Å². The van der Waals surface area contributed by atoms with E-state index in [0.717, 1.165) is 0 Å². The summed E-state index contributed by atoms with van der Waals surface area (Å²) in [5.41, 5.74) is 6.36. The van der Waals surface area contributed by atoms with E-state index in [0.29, 0.717) is 23.4 Å². The molecule has 0 aliphatic carbocycles. The highest BCUT2D eigenvalue weighted by molar-refractivity contribution is 5.97. The molecule has 0 unspecified atom stereocenters. The summed E-state index contributed by atoms with van der Waals surface area (Å²) in [5, 5.41) is 2.62. The fraction of sp³-hybridized carbons (Fsp3) is 0.231. The fourth-order valence-corrected chi connectivity index (χ4v) is 1.41. The van der Waals surface area contributed by atoms with Crippen LogP contribution in [0.5, 0.6) is 5.75 Å². The van der Waals surface area contributed by atoms with Crippen LogP contribution in [0.3, 0.4) is 0 Å². The summed E-state index contributed by atoms with van der Waals surface area (Å²) >= 11 is 0. The summed E-state index contributed by atoms with van der Waals surface area (Å²) in [7, 11) is 1.52. The predicted octanol–water partition coefficient (Wildman–Crippen LogP) is 0.943. The lowest BCUT2D eigenvalue weighted by atomic mass is 10.1. The highest BCUT2D eigenvalue weighted by Crippen LogP contribution is 2.18. The van der Waals surface area contributed by atoms with Crippen LogP contribution in [0.25, 0.3) is 6.08 Å². The van der Waals surface area contributed by atoms with Gasteiger partial charge in [0.25, 0.3) is 0 Å². The highest BCUT2D eigenvalue weighted by Gasteiger charge is 2.07. The topological polar surface area (TPSA) is 81.4 Å². The largest absolute Gasteiger partial charge is 0.497 e. The summed E-state index contributed by atoms with van der Waals surface area (Å²) < 4.78 is 5.03. The van der Waals surface area contributed by atoms with Gasteiger partial charge in [0, 0.05) is 19.0 Å². The molecule has 0 radical (unpaired) electrons. The summed E-state index contributed by atoms with van der Waals surface area (Å²) in [5.74, 6) is -0.0552. The van der Waals surface area contributed by atoms with Crippen LogP contribution in [0.2, 0.25) is 0 Å². The van der Waals surface area contributed by atoms with Crippen molar-refractivity contribution in [3.8, 4) is 5.75 Å². The van der Waals surface area contributed by atoms with Crippen molar-refractivity contribution in [2.45, 2.75) is 6.92 Å². The number of methoxy groups -OCH3 is 1. The SMILES string of the molecule is COc1ccc(C=CCNC(C)=O)c(C(N)=O)c1. The maximum absolute atomic E-state index is 11.3. The molecule has 0 spiro atoms. The van der Waals surface area contributed by atoms with Crippen LogP contribution in [0.1, 0.15) is 22.8 Å². The number of amides is 2. The first-order chi connectivity index (χ1) is 8.54. The second-order valence-electron chi connectivity index (χ2n) is 3.66. The summed E-state index contributed by atoms with van der Waals surface area (Å²) in [6.45, 7) is 1.84. The van der Waals surface area contributed by atoms with E-state index in [1.165, 1.54) is 14.0 Å². The van der Waals surface area contributed by atoms with Crippen LogP contribution in [-0.2, 0) is 4.79 Å². The van der Waals surface area contributed by atoms with Crippen molar-refractivity contribution in [2.24, 2.45) is 5.73 Å². The van der Waals surface area contributed by atoms with Crippen LogP contribution in [-0.4, -0.2) is 25.5 Å². The lowest BCUT2D eigenvalue weighted by Gasteiger charge is -2.05. The van der Waals surface area contributed by atoms with Crippen molar-refractivity contribution in [1.82, 2.24) is 5.32 Å². The molecule has 0 aliphatic rings. The molecule has 5 nitrogen and oxygen atoms in total. The van der Waals surface area contributed by atoms with E-state index < -0.39 is 5.91 Å². The lowest BCUT2D eigenvalue weighted by molar-refractivity contribution is -0.118.